The summed E-state index contributed by atoms with van der Waals surface area (Å²) in [5, 5.41) is 2.75. The van der Waals surface area contributed by atoms with Crippen LogP contribution in [0.15, 0.2) is 30.3 Å². The third kappa shape index (κ3) is 2.82. The van der Waals surface area contributed by atoms with Crippen LogP contribution in [0.2, 0.25) is 0 Å². The molecular formula is C21H21N3O3. The van der Waals surface area contributed by atoms with Crippen molar-refractivity contribution in [2.75, 3.05) is 33.0 Å². The molecule has 0 spiro atoms. The molecule has 4 rings (SSSR count). The molecule has 0 unspecified atom stereocenters. The number of hydrogen-bond donors (Lipinski definition) is 1. The summed E-state index contributed by atoms with van der Waals surface area (Å²) in [6.45, 7) is 1.61. The van der Waals surface area contributed by atoms with E-state index in [1.807, 2.05) is 25.2 Å². The highest BCUT2D eigenvalue weighted by Crippen LogP contribution is 2.39. The molecule has 2 aromatic carbocycles. The van der Waals surface area contributed by atoms with Gasteiger partial charge in [0.15, 0.2) is 0 Å². The second-order valence-electron chi connectivity index (χ2n) is 7.35. The van der Waals surface area contributed by atoms with Crippen molar-refractivity contribution in [3.8, 4) is 11.1 Å². The van der Waals surface area contributed by atoms with Crippen LogP contribution in [0.25, 0.3) is 11.1 Å². The maximum atomic E-state index is 12.3. The lowest BCUT2D eigenvalue weighted by Crippen LogP contribution is -2.27. The minimum atomic E-state index is -0.565. The normalized spacial score (nSPS) is 16.0. The average Bonchev–Trinajstić information content (AvgIpc) is 2.95. The minimum absolute atomic E-state index is 0.0517. The van der Waals surface area contributed by atoms with Gasteiger partial charge in [0.1, 0.15) is 0 Å². The maximum absolute atomic E-state index is 12.3. The zero-order valence-electron chi connectivity index (χ0n) is 15.6. The van der Waals surface area contributed by atoms with Crippen LogP contribution in [0.3, 0.4) is 0 Å². The molecule has 0 aliphatic carbocycles. The zero-order valence-corrected chi connectivity index (χ0v) is 15.6. The lowest BCUT2D eigenvalue weighted by Gasteiger charge is -2.29. The van der Waals surface area contributed by atoms with Crippen molar-refractivity contribution in [1.82, 2.24) is 9.80 Å². The van der Waals surface area contributed by atoms with E-state index in [1.165, 1.54) is 4.90 Å². The fraction of sp³-hybridized carbons (Fsp3) is 0.286. The van der Waals surface area contributed by atoms with Crippen molar-refractivity contribution < 1.29 is 14.4 Å². The van der Waals surface area contributed by atoms with Gasteiger partial charge in [-0.3, -0.25) is 14.4 Å². The van der Waals surface area contributed by atoms with Crippen molar-refractivity contribution in [3.05, 3.63) is 52.6 Å². The Morgan fingerprint density at radius 3 is 2.44 bits per heavy atom. The molecule has 2 heterocycles. The smallest absolute Gasteiger partial charge is 0.296 e. The van der Waals surface area contributed by atoms with Crippen LogP contribution < -0.4 is 5.32 Å². The highest BCUT2D eigenvalue weighted by molar-refractivity contribution is 6.52. The van der Waals surface area contributed by atoms with Crippen molar-refractivity contribution >= 4 is 23.3 Å². The number of hydrogen-bond acceptors (Lipinski definition) is 4. The first-order valence-electron chi connectivity index (χ1n) is 8.92. The molecule has 2 aliphatic heterocycles. The molecule has 27 heavy (non-hydrogen) atoms. The predicted molar refractivity (Wildman–Crippen MR) is 103 cm³/mol. The van der Waals surface area contributed by atoms with E-state index >= 15 is 0 Å². The predicted octanol–water partition coefficient (Wildman–Crippen LogP) is 2.18. The average molecular weight is 363 g/mol. The first kappa shape index (κ1) is 17.4. The molecule has 2 aromatic rings. The van der Waals surface area contributed by atoms with E-state index in [1.54, 1.807) is 26.2 Å². The molecule has 1 N–H and O–H groups in total. The minimum Gasteiger partial charge on any atom is -0.345 e. The Balaban J connectivity index is 1.84. The van der Waals surface area contributed by atoms with E-state index in [2.05, 4.69) is 10.2 Å². The number of carbonyl (C=O) groups is 3. The van der Waals surface area contributed by atoms with Gasteiger partial charge in [-0.15, -0.1) is 0 Å². The number of likely N-dealkylation sites (N-methyl/N-ethyl adjacent to an activating group) is 1. The number of nitrogens with zero attached hydrogens (tertiary/aromatic N) is 2. The van der Waals surface area contributed by atoms with Gasteiger partial charge in [-0.1, -0.05) is 12.1 Å². The number of Topliss-reactive ketones (excluding diaryl/α,β-unsaturated/α-hetero) is 1. The first-order valence-corrected chi connectivity index (χ1v) is 8.92. The number of amides is 2. The van der Waals surface area contributed by atoms with Crippen LogP contribution in [0, 0.1) is 0 Å². The van der Waals surface area contributed by atoms with E-state index in [-0.39, 0.29) is 5.91 Å². The van der Waals surface area contributed by atoms with Crippen LogP contribution in [-0.4, -0.2) is 55.1 Å². The van der Waals surface area contributed by atoms with Gasteiger partial charge in [0, 0.05) is 32.7 Å². The molecule has 2 aliphatic rings. The molecule has 0 aromatic heterocycles. The summed E-state index contributed by atoms with van der Waals surface area (Å²) >= 11 is 0. The SMILES string of the molecule is CN1CCc2c(-c3ccc(C(=O)N(C)C)cc3)cc3c(c2C1)NC(=O)C3=O. The molecule has 0 fully saturated rings. The second kappa shape index (κ2) is 6.32. The highest BCUT2D eigenvalue weighted by atomic mass is 16.2. The van der Waals surface area contributed by atoms with E-state index in [4.69, 9.17) is 0 Å². The lowest BCUT2D eigenvalue weighted by atomic mass is 9.87. The Labute approximate surface area is 157 Å². The molecule has 0 saturated heterocycles. The van der Waals surface area contributed by atoms with Gasteiger partial charge in [0.25, 0.3) is 17.6 Å². The highest BCUT2D eigenvalue weighted by Gasteiger charge is 2.34. The Hall–Kier alpha value is -2.99. The number of fused-ring (bicyclic) bond motifs is 3. The zero-order chi connectivity index (χ0) is 19.3. The third-order valence-electron chi connectivity index (χ3n) is 5.26. The van der Waals surface area contributed by atoms with E-state index in [9.17, 15) is 14.4 Å². The quantitative estimate of drug-likeness (QED) is 0.831. The number of anilines is 1. The van der Waals surface area contributed by atoms with Gasteiger partial charge in [-0.05, 0) is 53.9 Å². The Morgan fingerprint density at radius 2 is 1.78 bits per heavy atom. The number of benzene rings is 2. The number of nitrogens with one attached hydrogen (secondary N) is 1. The van der Waals surface area contributed by atoms with Gasteiger partial charge in [-0.25, -0.2) is 0 Å². The van der Waals surface area contributed by atoms with E-state index in [0.29, 0.717) is 23.4 Å². The Bertz CT molecular complexity index is 977. The van der Waals surface area contributed by atoms with Gasteiger partial charge in [0.2, 0.25) is 0 Å². The lowest BCUT2D eigenvalue weighted by molar-refractivity contribution is -0.112. The molecule has 138 valence electrons. The maximum Gasteiger partial charge on any atom is 0.296 e. The summed E-state index contributed by atoms with van der Waals surface area (Å²) < 4.78 is 0. The van der Waals surface area contributed by atoms with E-state index in [0.717, 1.165) is 35.2 Å². The molecule has 0 atom stereocenters. The standard InChI is InChI=1S/C21H21N3O3/c1-23(2)21(27)13-6-4-12(5-7-13)15-10-16-18(22-20(26)19(16)25)17-11-24(3)9-8-14(15)17/h4-7,10H,8-9,11H2,1-3H3,(H,22,25,26). The van der Waals surface area contributed by atoms with Crippen LogP contribution >= 0.6 is 0 Å². The molecule has 6 nitrogen and oxygen atoms in total. The number of rotatable bonds is 2. The molecular weight excluding hydrogens is 342 g/mol. The summed E-state index contributed by atoms with van der Waals surface area (Å²) in [5.41, 5.74) is 5.81. The fourth-order valence-corrected chi connectivity index (χ4v) is 3.81. The van der Waals surface area contributed by atoms with Crippen molar-refractivity contribution in [1.29, 1.82) is 0 Å². The topological polar surface area (TPSA) is 69.7 Å². The van der Waals surface area contributed by atoms with E-state index < -0.39 is 11.7 Å². The monoisotopic (exact) mass is 363 g/mol. The van der Waals surface area contributed by atoms with Crippen molar-refractivity contribution in [2.24, 2.45) is 0 Å². The van der Waals surface area contributed by atoms with Gasteiger partial charge in [-0.2, -0.15) is 0 Å². The van der Waals surface area contributed by atoms with Gasteiger partial charge in [0.05, 0.1) is 11.3 Å². The van der Waals surface area contributed by atoms with Crippen LogP contribution in [0.5, 0.6) is 0 Å². The van der Waals surface area contributed by atoms with Crippen molar-refractivity contribution in [2.45, 2.75) is 13.0 Å². The Kier molecular flexibility index (Phi) is 4.08. The van der Waals surface area contributed by atoms with Crippen LogP contribution in [0.4, 0.5) is 5.69 Å². The molecule has 2 amide bonds. The fourth-order valence-electron chi connectivity index (χ4n) is 3.81. The summed E-state index contributed by atoms with van der Waals surface area (Å²) in [7, 11) is 5.47. The van der Waals surface area contributed by atoms with Crippen molar-refractivity contribution in [3.63, 3.8) is 0 Å². The van der Waals surface area contributed by atoms with Gasteiger partial charge >= 0.3 is 0 Å². The van der Waals surface area contributed by atoms with Crippen LogP contribution in [0.1, 0.15) is 31.8 Å². The third-order valence-corrected chi connectivity index (χ3v) is 5.26. The molecule has 0 saturated carbocycles. The van der Waals surface area contributed by atoms with Gasteiger partial charge < -0.3 is 15.1 Å². The molecule has 0 bridgehead atoms. The van der Waals surface area contributed by atoms with Crippen LogP contribution in [-0.2, 0) is 17.8 Å². The number of ketones is 1. The molecule has 6 heteroatoms. The number of carbonyl (C=O) groups excluding carboxylic acids is 3. The Morgan fingerprint density at radius 1 is 1.07 bits per heavy atom. The molecule has 0 radical (unpaired) electrons. The summed E-state index contributed by atoms with van der Waals surface area (Å²) in [6, 6.07) is 9.24. The first-order chi connectivity index (χ1) is 12.9. The summed E-state index contributed by atoms with van der Waals surface area (Å²) in [4.78, 5) is 40.0. The largest absolute Gasteiger partial charge is 0.345 e. The summed E-state index contributed by atoms with van der Waals surface area (Å²) in [6.07, 6.45) is 0.844. The summed E-state index contributed by atoms with van der Waals surface area (Å²) in [5.74, 6) is -1.10. The second-order valence-corrected chi connectivity index (χ2v) is 7.35.